The van der Waals surface area contributed by atoms with Crippen LogP contribution in [-0.4, -0.2) is 4.98 Å². The number of hydrogen-bond donors (Lipinski definition) is 0. The Kier molecular flexibility index (Phi) is 3.39. The monoisotopic (exact) mass is 295 g/mol. The average molecular weight is 296 g/mol. The van der Waals surface area contributed by atoms with Gasteiger partial charge in [-0.2, -0.15) is 13.2 Å². The van der Waals surface area contributed by atoms with Gasteiger partial charge in [0.25, 0.3) is 0 Å². The minimum atomic E-state index is -4.37. The van der Waals surface area contributed by atoms with Crippen molar-refractivity contribution in [3.63, 3.8) is 0 Å². The van der Waals surface area contributed by atoms with Crippen LogP contribution < -0.4 is 0 Å². The Bertz CT molecular complexity index is 366. The molecule has 1 heterocycles. The molecule has 1 aromatic heterocycles. The minimum absolute atomic E-state index is 0.0840. The zero-order valence-corrected chi connectivity index (χ0v) is 11.1. The Morgan fingerprint density at radius 3 is 2.06 bits per heavy atom. The third kappa shape index (κ3) is 2.75. The van der Waals surface area contributed by atoms with Crippen molar-refractivity contribution in [2.45, 2.75) is 39.3 Å². The van der Waals surface area contributed by atoms with Crippen molar-refractivity contribution >= 4 is 15.9 Å². The molecule has 1 aromatic rings. The summed E-state index contributed by atoms with van der Waals surface area (Å²) in [6, 6.07) is 1.10. The summed E-state index contributed by atoms with van der Waals surface area (Å²) in [5.74, 6) is 0. The first kappa shape index (κ1) is 13.5. The summed E-state index contributed by atoms with van der Waals surface area (Å²) in [5, 5.41) is 0. The Labute approximate surface area is 101 Å². The molecule has 5 heteroatoms. The molecular weight excluding hydrogens is 283 g/mol. The SMILES string of the molecule is Cc1nc(C(C)(C)C)c(C(F)(F)F)cc1Br. The molecule has 0 spiro atoms. The molecule has 0 saturated heterocycles. The van der Waals surface area contributed by atoms with Crippen LogP contribution in [0.4, 0.5) is 13.2 Å². The molecule has 0 unspecified atom stereocenters. The molecule has 0 aromatic carbocycles. The van der Waals surface area contributed by atoms with Crippen LogP contribution in [0.3, 0.4) is 0 Å². The van der Waals surface area contributed by atoms with Crippen LogP contribution >= 0.6 is 15.9 Å². The van der Waals surface area contributed by atoms with E-state index < -0.39 is 17.2 Å². The highest BCUT2D eigenvalue weighted by atomic mass is 79.9. The van der Waals surface area contributed by atoms with Crippen LogP contribution in [0.15, 0.2) is 10.5 Å². The van der Waals surface area contributed by atoms with Gasteiger partial charge in [-0.1, -0.05) is 20.8 Å². The molecule has 0 aliphatic rings. The fraction of sp³-hybridized carbons (Fsp3) is 0.545. The summed E-state index contributed by atoms with van der Waals surface area (Å²) in [6.45, 7) is 6.84. The van der Waals surface area contributed by atoms with Gasteiger partial charge in [0.1, 0.15) is 0 Å². The highest BCUT2D eigenvalue weighted by Crippen LogP contribution is 2.38. The van der Waals surface area contributed by atoms with E-state index in [0.29, 0.717) is 10.2 Å². The third-order valence-corrected chi connectivity index (χ3v) is 2.97. The van der Waals surface area contributed by atoms with Gasteiger partial charge >= 0.3 is 6.18 Å². The summed E-state index contributed by atoms with van der Waals surface area (Å²) in [4.78, 5) is 4.04. The summed E-state index contributed by atoms with van der Waals surface area (Å²) >= 11 is 3.08. The first-order valence-corrected chi connectivity index (χ1v) is 5.57. The van der Waals surface area contributed by atoms with Gasteiger partial charge in [0.05, 0.1) is 17.0 Å². The third-order valence-electron chi connectivity index (χ3n) is 2.17. The van der Waals surface area contributed by atoms with Gasteiger partial charge in [-0.3, -0.25) is 4.98 Å². The van der Waals surface area contributed by atoms with E-state index in [4.69, 9.17) is 0 Å². The number of halogens is 4. The molecule has 0 amide bonds. The number of alkyl halides is 3. The normalized spacial score (nSPS) is 13.0. The highest BCUT2D eigenvalue weighted by Gasteiger charge is 2.38. The van der Waals surface area contributed by atoms with Gasteiger partial charge in [-0.05, 0) is 28.9 Å². The van der Waals surface area contributed by atoms with Crippen LogP contribution in [-0.2, 0) is 11.6 Å². The van der Waals surface area contributed by atoms with E-state index in [1.807, 2.05) is 0 Å². The second kappa shape index (κ2) is 4.02. The van der Waals surface area contributed by atoms with Crippen LogP contribution in [0.25, 0.3) is 0 Å². The zero-order valence-electron chi connectivity index (χ0n) is 9.54. The van der Waals surface area contributed by atoms with Gasteiger partial charge in [0.15, 0.2) is 0 Å². The van der Waals surface area contributed by atoms with Crippen molar-refractivity contribution in [2.24, 2.45) is 0 Å². The molecule has 0 atom stereocenters. The maximum Gasteiger partial charge on any atom is 0.418 e. The maximum absolute atomic E-state index is 12.8. The lowest BCUT2D eigenvalue weighted by Gasteiger charge is -2.23. The van der Waals surface area contributed by atoms with E-state index in [1.165, 1.54) is 0 Å². The smallest absolute Gasteiger partial charge is 0.256 e. The van der Waals surface area contributed by atoms with Gasteiger partial charge < -0.3 is 0 Å². The molecule has 0 fully saturated rings. The van der Waals surface area contributed by atoms with Crippen LogP contribution in [0, 0.1) is 6.92 Å². The van der Waals surface area contributed by atoms with Gasteiger partial charge in [-0.15, -0.1) is 0 Å². The lowest BCUT2D eigenvalue weighted by molar-refractivity contribution is -0.139. The summed E-state index contributed by atoms with van der Waals surface area (Å²) in [5.41, 5.74) is -0.646. The molecule has 0 radical (unpaired) electrons. The molecule has 0 bridgehead atoms. The fourth-order valence-electron chi connectivity index (χ4n) is 1.37. The van der Waals surface area contributed by atoms with Crippen molar-refractivity contribution in [3.8, 4) is 0 Å². The number of aryl methyl sites for hydroxylation is 1. The summed E-state index contributed by atoms with van der Waals surface area (Å²) < 4.78 is 38.9. The average Bonchev–Trinajstić information content (AvgIpc) is 2.05. The molecule has 0 aliphatic heterocycles. The van der Waals surface area contributed by atoms with E-state index in [2.05, 4.69) is 20.9 Å². The van der Waals surface area contributed by atoms with Gasteiger partial charge in [-0.25, -0.2) is 0 Å². The van der Waals surface area contributed by atoms with Crippen molar-refractivity contribution < 1.29 is 13.2 Å². The summed E-state index contributed by atoms with van der Waals surface area (Å²) in [7, 11) is 0. The Morgan fingerprint density at radius 1 is 1.19 bits per heavy atom. The topological polar surface area (TPSA) is 12.9 Å². The summed E-state index contributed by atoms with van der Waals surface area (Å²) in [6.07, 6.45) is -4.37. The Hall–Kier alpha value is -0.580. The standard InChI is InChI=1S/C11H13BrF3N/c1-6-8(12)5-7(11(13,14)15)9(16-6)10(2,3)4/h5H,1-4H3. The van der Waals surface area contributed by atoms with E-state index in [-0.39, 0.29) is 5.69 Å². The number of rotatable bonds is 0. The number of nitrogens with zero attached hydrogens (tertiary/aromatic N) is 1. The van der Waals surface area contributed by atoms with Gasteiger partial charge in [0, 0.05) is 9.89 Å². The molecule has 0 saturated carbocycles. The minimum Gasteiger partial charge on any atom is -0.256 e. The molecule has 90 valence electrons. The number of pyridine rings is 1. The Morgan fingerprint density at radius 2 is 1.69 bits per heavy atom. The predicted octanol–water partition coefficient (Wildman–Crippen LogP) is 4.47. The number of hydrogen-bond acceptors (Lipinski definition) is 1. The van der Waals surface area contributed by atoms with E-state index >= 15 is 0 Å². The van der Waals surface area contributed by atoms with Crippen molar-refractivity contribution in [1.29, 1.82) is 0 Å². The molecule has 0 aliphatic carbocycles. The largest absolute Gasteiger partial charge is 0.418 e. The quantitative estimate of drug-likeness (QED) is 0.688. The highest BCUT2D eigenvalue weighted by molar-refractivity contribution is 9.10. The fourth-order valence-corrected chi connectivity index (χ4v) is 1.69. The van der Waals surface area contributed by atoms with E-state index in [1.54, 1.807) is 27.7 Å². The second-order valence-corrected chi connectivity index (χ2v) is 5.55. The molecule has 0 N–H and O–H groups in total. The van der Waals surface area contributed by atoms with E-state index in [0.717, 1.165) is 6.07 Å². The molecule has 16 heavy (non-hydrogen) atoms. The van der Waals surface area contributed by atoms with Crippen molar-refractivity contribution in [1.82, 2.24) is 4.98 Å². The zero-order chi connectivity index (χ0) is 12.7. The van der Waals surface area contributed by atoms with E-state index in [9.17, 15) is 13.2 Å². The molecule has 1 nitrogen and oxygen atoms in total. The second-order valence-electron chi connectivity index (χ2n) is 4.70. The van der Waals surface area contributed by atoms with Crippen LogP contribution in [0.2, 0.25) is 0 Å². The first-order chi connectivity index (χ1) is 7.03. The lowest BCUT2D eigenvalue weighted by Crippen LogP contribution is -2.22. The van der Waals surface area contributed by atoms with Crippen LogP contribution in [0.5, 0.6) is 0 Å². The number of aromatic nitrogens is 1. The van der Waals surface area contributed by atoms with Crippen molar-refractivity contribution in [3.05, 3.63) is 27.5 Å². The Balaban J connectivity index is 3.53. The maximum atomic E-state index is 12.8. The predicted molar refractivity (Wildman–Crippen MR) is 60.4 cm³/mol. The molecule has 1 rings (SSSR count). The van der Waals surface area contributed by atoms with Crippen LogP contribution in [0.1, 0.15) is 37.7 Å². The van der Waals surface area contributed by atoms with Crippen molar-refractivity contribution in [2.75, 3.05) is 0 Å². The molecular formula is C11H13BrF3N. The van der Waals surface area contributed by atoms with Gasteiger partial charge in [0.2, 0.25) is 0 Å². The first-order valence-electron chi connectivity index (χ1n) is 4.78. The lowest BCUT2D eigenvalue weighted by atomic mass is 9.88.